The molecule has 10 heteroatoms. The van der Waals surface area contributed by atoms with Crippen molar-refractivity contribution in [2.75, 3.05) is 5.32 Å². The van der Waals surface area contributed by atoms with Gasteiger partial charge in [0.05, 0.1) is 17.5 Å². The van der Waals surface area contributed by atoms with E-state index in [1.807, 2.05) is 0 Å². The molecule has 0 spiro atoms. The summed E-state index contributed by atoms with van der Waals surface area (Å²) in [6, 6.07) is 1.46. The number of urea groups is 1. The highest BCUT2D eigenvalue weighted by Crippen LogP contribution is 2.38. The molecule has 1 aromatic carbocycles. The van der Waals surface area contributed by atoms with E-state index in [2.05, 4.69) is 21.2 Å². The second-order valence-electron chi connectivity index (χ2n) is 9.07. The summed E-state index contributed by atoms with van der Waals surface area (Å²) in [4.78, 5) is 12.6. The Labute approximate surface area is 180 Å². The van der Waals surface area contributed by atoms with Crippen molar-refractivity contribution in [3.05, 3.63) is 40.2 Å². The molecule has 3 aliphatic rings. The second kappa shape index (κ2) is 7.04. The fourth-order valence-corrected chi connectivity index (χ4v) is 6.08. The third-order valence-corrected chi connectivity index (χ3v) is 7.69. The Morgan fingerprint density at radius 1 is 1.19 bits per heavy atom. The zero-order valence-electron chi connectivity index (χ0n) is 17.6. The fraction of sp³-hybridized carbons (Fsp3) is 0.524. The van der Waals surface area contributed by atoms with E-state index in [0.717, 1.165) is 66.2 Å². The lowest BCUT2D eigenvalue weighted by molar-refractivity contribution is -0.236. The monoisotopic (exact) mass is 446 g/mol. The van der Waals surface area contributed by atoms with Crippen LogP contribution in [0, 0.1) is 0 Å². The molecule has 0 fully saturated rings. The van der Waals surface area contributed by atoms with Gasteiger partial charge in [-0.15, -0.1) is 0 Å². The van der Waals surface area contributed by atoms with Gasteiger partial charge in [0.25, 0.3) is 16.4 Å². The predicted molar refractivity (Wildman–Crippen MR) is 112 cm³/mol. The number of sulfonamides is 1. The molecule has 2 heterocycles. The van der Waals surface area contributed by atoms with Gasteiger partial charge in [0.2, 0.25) is 0 Å². The summed E-state index contributed by atoms with van der Waals surface area (Å²) in [7, 11) is -4.19. The van der Waals surface area contributed by atoms with Gasteiger partial charge in [0.1, 0.15) is 4.90 Å². The molecule has 1 unspecified atom stereocenters. The minimum atomic E-state index is -4.19. The van der Waals surface area contributed by atoms with Crippen LogP contribution < -0.4 is 10.0 Å². The zero-order valence-corrected chi connectivity index (χ0v) is 18.4. The van der Waals surface area contributed by atoms with Crippen LogP contribution in [0.5, 0.6) is 0 Å². The van der Waals surface area contributed by atoms with Crippen molar-refractivity contribution < 1.29 is 23.1 Å². The molecule has 9 nitrogen and oxygen atoms in total. The largest absolute Gasteiger partial charge is 0.350 e. The minimum Gasteiger partial charge on any atom is -0.350 e. The Balaban J connectivity index is 1.42. The van der Waals surface area contributed by atoms with Crippen molar-refractivity contribution in [2.45, 2.75) is 75.7 Å². The molecular formula is C21H26N4O5S. The standard InChI is InChI=1S/C21H26N4O5S/c1-21(2)10-16-17(11-22-25(16)20(27)30-21)31(28,29)24-19(26)23-18-14-7-3-5-12(14)9-13-6-4-8-15(13)18/h9,11,20,27H,3-8,10H2,1-2H3,(H2,23,24,26). The molecule has 31 heavy (non-hydrogen) atoms. The van der Waals surface area contributed by atoms with Crippen LogP contribution in [-0.4, -0.2) is 34.9 Å². The number of hydrogen-bond donors (Lipinski definition) is 3. The van der Waals surface area contributed by atoms with E-state index in [1.165, 1.54) is 11.1 Å². The number of amides is 2. The maximum atomic E-state index is 13.0. The Morgan fingerprint density at radius 2 is 1.84 bits per heavy atom. The molecule has 0 radical (unpaired) electrons. The topological polar surface area (TPSA) is 123 Å². The van der Waals surface area contributed by atoms with Gasteiger partial charge in [0.15, 0.2) is 0 Å². The number of carbonyl (C=O) groups excluding carboxylic acids is 1. The third-order valence-electron chi connectivity index (χ3n) is 6.32. The Hall–Kier alpha value is -2.43. The molecule has 2 amide bonds. The highest BCUT2D eigenvalue weighted by molar-refractivity contribution is 7.90. The average Bonchev–Trinajstić information content (AvgIpc) is 3.38. The van der Waals surface area contributed by atoms with Crippen LogP contribution in [-0.2, 0) is 46.9 Å². The number of nitrogens with zero attached hydrogens (tertiary/aromatic N) is 2. The van der Waals surface area contributed by atoms with E-state index in [-0.39, 0.29) is 11.3 Å². The van der Waals surface area contributed by atoms with Gasteiger partial charge >= 0.3 is 6.03 Å². The number of fused-ring (bicyclic) bond motifs is 3. The molecule has 1 aliphatic heterocycles. The third kappa shape index (κ3) is 3.52. The van der Waals surface area contributed by atoms with E-state index in [0.29, 0.717) is 5.69 Å². The van der Waals surface area contributed by atoms with Crippen molar-refractivity contribution in [3.8, 4) is 0 Å². The molecule has 1 atom stereocenters. The van der Waals surface area contributed by atoms with Gasteiger partial charge in [-0.25, -0.2) is 22.6 Å². The molecule has 1 aromatic heterocycles. The molecule has 0 saturated carbocycles. The normalized spacial score (nSPS) is 21.3. The number of anilines is 1. The summed E-state index contributed by atoms with van der Waals surface area (Å²) < 4.78 is 34.7. The lowest BCUT2D eigenvalue weighted by atomic mass is 9.99. The predicted octanol–water partition coefficient (Wildman–Crippen LogP) is 2.17. The minimum absolute atomic E-state index is 0.137. The first-order valence-electron chi connectivity index (χ1n) is 10.6. The van der Waals surface area contributed by atoms with Crippen LogP contribution in [0.25, 0.3) is 0 Å². The van der Waals surface area contributed by atoms with Crippen molar-refractivity contribution in [1.82, 2.24) is 14.5 Å². The van der Waals surface area contributed by atoms with Gasteiger partial charge in [0, 0.05) is 12.1 Å². The summed E-state index contributed by atoms with van der Waals surface area (Å²) in [5, 5.41) is 16.9. The lowest BCUT2D eigenvalue weighted by Gasteiger charge is -2.34. The maximum Gasteiger partial charge on any atom is 0.333 e. The SMILES string of the molecule is CC1(C)Cc2c(S(=O)(=O)NC(=O)Nc3c4c(cc5c3CCC5)CCC4)cnn2C(O)O1. The summed E-state index contributed by atoms with van der Waals surface area (Å²) in [6.07, 6.45) is 5.79. The number of rotatable bonds is 3. The number of nitrogens with one attached hydrogen (secondary N) is 2. The molecular weight excluding hydrogens is 420 g/mol. The Kier molecular flexibility index (Phi) is 4.65. The highest BCUT2D eigenvalue weighted by Gasteiger charge is 2.37. The zero-order chi connectivity index (χ0) is 22.0. The van der Waals surface area contributed by atoms with E-state index in [9.17, 15) is 18.3 Å². The summed E-state index contributed by atoms with van der Waals surface area (Å²) in [5.74, 6) is 0. The number of benzene rings is 1. The van der Waals surface area contributed by atoms with Crippen LogP contribution in [0.3, 0.4) is 0 Å². The number of ether oxygens (including phenoxy) is 1. The van der Waals surface area contributed by atoms with Crippen LogP contribution >= 0.6 is 0 Å². The lowest BCUT2D eigenvalue weighted by Crippen LogP contribution is -2.40. The van der Waals surface area contributed by atoms with Crippen molar-refractivity contribution in [1.29, 1.82) is 0 Å². The number of aliphatic hydroxyl groups excluding tert-OH is 1. The highest BCUT2D eigenvalue weighted by atomic mass is 32.2. The first-order chi connectivity index (χ1) is 14.6. The molecule has 0 saturated heterocycles. The summed E-state index contributed by atoms with van der Waals surface area (Å²) in [6.45, 7) is 3.50. The molecule has 2 aromatic rings. The average molecular weight is 447 g/mol. The van der Waals surface area contributed by atoms with Crippen molar-refractivity contribution in [3.63, 3.8) is 0 Å². The number of aliphatic hydroxyl groups is 1. The van der Waals surface area contributed by atoms with Gasteiger partial charge in [-0.05, 0) is 74.6 Å². The summed E-state index contributed by atoms with van der Waals surface area (Å²) in [5.41, 5.74) is 5.05. The van der Waals surface area contributed by atoms with E-state index >= 15 is 0 Å². The fourth-order valence-electron chi connectivity index (χ4n) is 5.02. The molecule has 2 aliphatic carbocycles. The number of hydrogen-bond acceptors (Lipinski definition) is 6. The van der Waals surface area contributed by atoms with Crippen molar-refractivity contribution in [2.24, 2.45) is 0 Å². The van der Waals surface area contributed by atoms with Crippen LogP contribution in [0.1, 0.15) is 61.1 Å². The molecule has 3 N–H and O–H groups in total. The van der Waals surface area contributed by atoms with Gasteiger partial charge in [-0.2, -0.15) is 5.10 Å². The number of aryl methyl sites for hydroxylation is 2. The number of carbonyl (C=O) groups is 1. The molecule has 166 valence electrons. The Bertz CT molecular complexity index is 1150. The maximum absolute atomic E-state index is 13.0. The van der Waals surface area contributed by atoms with Gasteiger partial charge < -0.3 is 15.2 Å². The van der Waals surface area contributed by atoms with E-state index < -0.39 is 28.1 Å². The van der Waals surface area contributed by atoms with E-state index in [1.54, 1.807) is 13.8 Å². The first-order valence-corrected chi connectivity index (χ1v) is 12.1. The van der Waals surface area contributed by atoms with E-state index in [4.69, 9.17) is 4.74 Å². The first kappa shape index (κ1) is 20.5. The quantitative estimate of drug-likeness (QED) is 0.664. The molecule has 0 bridgehead atoms. The van der Waals surface area contributed by atoms with Gasteiger partial charge in [-0.1, -0.05) is 6.07 Å². The summed E-state index contributed by atoms with van der Waals surface area (Å²) >= 11 is 0. The van der Waals surface area contributed by atoms with Crippen LogP contribution in [0.2, 0.25) is 0 Å². The second-order valence-corrected chi connectivity index (χ2v) is 10.7. The number of aromatic nitrogens is 2. The molecule has 5 rings (SSSR count). The van der Waals surface area contributed by atoms with Crippen LogP contribution in [0.4, 0.5) is 10.5 Å². The van der Waals surface area contributed by atoms with Crippen molar-refractivity contribution >= 4 is 21.7 Å². The van der Waals surface area contributed by atoms with Gasteiger partial charge in [-0.3, -0.25) is 0 Å². The van der Waals surface area contributed by atoms with Crippen LogP contribution in [0.15, 0.2) is 17.2 Å². The Morgan fingerprint density at radius 3 is 2.48 bits per heavy atom. The smallest absolute Gasteiger partial charge is 0.333 e.